The molecule has 35 heavy (non-hydrogen) atoms. The van der Waals surface area contributed by atoms with Crippen LogP contribution in [-0.4, -0.2) is 27.3 Å². The Balaban J connectivity index is 1.70. The Morgan fingerprint density at radius 1 is 0.971 bits per heavy atom. The molecule has 0 spiro atoms. The van der Waals surface area contributed by atoms with Gasteiger partial charge in [-0.05, 0) is 18.2 Å². The molecule has 0 aliphatic heterocycles. The van der Waals surface area contributed by atoms with E-state index in [1.807, 2.05) is 84.4 Å². The number of nitrogens with zero attached hydrogens (tertiary/aromatic N) is 6. The predicted molar refractivity (Wildman–Crippen MR) is 136 cm³/mol. The molecule has 0 radical (unpaired) electrons. The van der Waals surface area contributed by atoms with Gasteiger partial charge >= 0.3 is 0 Å². The summed E-state index contributed by atoms with van der Waals surface area (Å²) >= 11 is 0. The lowest BCUT2D eigenvalue weighted by Gasteiger charge is -2.20. The first kappa shape index (κ1) is 22.0. The first-order valence-electron chi connectivity index (χ1n) is 11.0. The number of nitriles is 1. The van der Waals surface area contributed by atoms with Crippen LogP contribution in [0.1, 0.15) is 16.7 Å². The molecule has 0 saturated heterocycles. The lowest BCUT2D eigenvalue weighted by atomic mass is 10.0. The number of aliphatic imine (C=N–C) groups is 1. The second-order valence-corrected chi connectivity index (χ2v) is 8.06. The van der Waals surface area contributed by atoms with Crippen molar-refractivity contribution in [2.75, 3.05) is 11.9 Å². The van der Waals surface area contributed by atoms with Crippen LogP contribution >= 0.6 is 0 Å². The fourth-order valence-electron chi connectivity index (χ4n) is 3.91. The van der Waals surface area contributed by atoms with Gasteiger partial charge in [0.05, 0.1) is 34.9 Å². The van der Waals surface area contributed by atoms with Gasteiger partial charge in [-0.15, -0.1) is 0 Å². The summed E-state index contributed by atoms with van der Waals surface area (Å²) in [7, 11) is 3.63. The van der Waals surface area contributed by atoms with Crippen molar-refractivity contribution in [3.05, 3.63) is 114 Å². The molecule has 7 heteroatoms. The van der Waals surface area contributed by atoms with Crippen LogP contribution < -0.4 is 4.90 Å². The van der Waals surface area contributed by atoms with E-state index in [1.165, 1.54) is 6.07 Å². The number of halogens is 1. The number of hydrogen-bond acceptors (Lipinski definition) is 5. The van der Waals surface area contributed by atoms with Gasteiger partial charge in [0, 0.05) is 31.3 Å². The van der Waals surface area contributed by atoms with Crippen LogP contribution in [0.25, 0.3) is 11.0 Å². The topological polar surface area (TPSA) is 70.1 Å². The maximum absolute atomic E-state index is 14.8. The Labute approximate surface area is 202 Å². The molecule has 0 atom stereocenters. The maximum Gasteiger partial charge on any atom is 0.183 e. The van der Waals surface area contributed by atoms with Gasteiger partial charge in [0.2, 0.25) is 0 Å². The van der Waals surface area contributed by atoms with Gasteiger partial charge in [-0.25, -0.2) is 19.4 Å². The van der Waals surface area contributed by atoms with Gasteiger partial charge in [-0.1, -0.05) is 60.7 Å². The summed E-state index contributed by atoms with van der Waals surface area (Å²) in [5.41, 5.74) is 4.68. The van der Waals surface area contributed by atoms with Gasteiger partial charge in [0.15, 0.2) is 5.82 Å². The van der Waals surface area contributed by atoms with E-state index < -0.39 is 5.82 Å². The van der Waals surface area contributed by atoms with Crippen molar-refractivity contribution in [2.24, 2.45) is 12.0 Å². The van der Waals surface area contributed by atoms with Crippen molar-refractivity contribution >= 4 is 34.1 Å². The van der Waals surface area contributed by atoms with E-state index in [4.69, 9.17) is 15.2 Å². The standard InChI is InChI=1S/C28H21FN6/c1-34-18-31-27-24(34)16-25(35(2)23-14-13-19(17-30)15-22(23)29)32-28(27)33-26(20-9-5-3-6-10-20)21-11-7-4-8-12-21/h3-16,18H,1-2H3. The zero-order valence-electron chi connectivity index (χ0n) is 19.2. The Morgan fingerprint density at radius 2 is 1.63 bits per heavy atom. The molecule has 170 valence electrons. The predicted octanol–water partition coefficient (Wildman–Crippen LogP) is 5.92. The van der Waals surface area contributed by atoms with Crippen molar-refractivity contribution < 1.29 is 4.39 Å². The van der Waals surface area contributed by atoms with Crippen LogP contribution in [0.2, 0.25) is 0 Å². The zero-order chi connectivity index (χ0) is 24.4. The molecule has 0 fully saturated rings. The minimum atomic E-state index is -0.502. The van der Waals surface area contributed by atoms with E-state index in [9.17, 15) is 4.39 Å². The molecule has 0 amide bonds. The van der Waals surface area contributed by atoms with Crippen molar-refractivity contribution in [3.8, 4) is 6.07 Å². The number of fused-ring (bicyclic) bond motifs is 1. The van der Waals surface area contributed by atoms with E-state index in [-0.39, 0.29) is 5.56 Å². The fourth-order valence-corrected chi connectivity index (χ4v) is 3.91. The van der Waals surface area contributed by atoms with Gasteiger partial charge in [0.1, 0.15) is 17.2 Å². The van der Waals surface area contributed by atoms with Crippen LogP contribution in [0.15, 0.2) is 96.2 Å². The summed E-state index contributed by atoms with van der Waals surface area (Å²) in [6, 6.07) is 28.0. The number of benzene rings is 3. The average molecular weight is 461 g/mol. The highest BCUT2D eigenvalue weighted by atomic mass is 19.1. The molecule has 0 unspecified atom stereocenters. The van der Waals surface area contributed by atoms with Gasteiger partial charge in [-0.2, -0.15) is 5.26 Å². The largest absolute Gasteiger partial charge is 0.334 e. The molecule has 3 aromatic carbocycles. The Morgan fingerprint density at radius 3 is 2.23 bits per heavy atom. The summed E-state index contributed by atoms with van der Waals surface area (Å²) in [5, 5.41) is 9.07. The highest BCUT2D eigenvalue weighted by Gasteiger charge is 2.17. The monoisotopic (exact) mass is 460 g/mol. The van der Waals surface area contributed by atoms with E-state index >= 15 is 0 Å². The molecule has 0 N–H and O–H groups in total. The van der Waals surface area contributed by atoms with Gasteiger partial charge in [-0.3, -0.25) is 0 Å². The highest BCUT2D eigenvalue weighted by molar-refractivity contribution is 6.14. The Kier molecular flexibility index (Phi) is 5.78. The second-order valence-electron chi connectivity index (χ2n) is 8.06. The number of hydrogen-bond donors (Lipinski definition) is 0. The summed E-state index contributed by atoms with van der Waals surface area (Å²) in [6.07, 6.45) is 1.71. The molecule has 6 nitrogen and oxygen atoms in total. The number of imidazole rings is 1. The number of anilines is 2. The van der Waals surface area contributed by atoms with Crippen molar-refractivity contribution in [1.82, 2.24) is 14.5 Å². The lowest BCUT2D eigenvalue weighted by Crippen LogP contribution is -2.13. The first-order valence-corrected chi connectivity index (χ1v) is 11.0. The van der Waals surface area contributed by atoms with Gasteiger partial charge < -0.3 is 9.47 Å². The molecule has 2 aromatic heterocycles. The number of rotatable bonds is 5. The number of aromatic nitrogens is 3. The van der Waals surface area contributed by atoms with Crippen LogP contribution in [0.3, 0.4) is 0 Å². The SMILES string of the molecule is CN(c1cc2c(ncn2C)c(N=C(c2ccccc2)c2ccccc2)n1)c1ccc(C#N)cc1F. The number of aryl methyl sites for hydroxylation is 1. The summed E-state index contributed by atoms with van der Waals surface area (Å²) in [6.45, 7) is 0. The zero-order valence-corrected chi connectivity index (χ0v) is 19.2. The minimum Gasteiger partial charge on any atom is -0.334 e. The maximum atomic E-state index is 14.8. The smallest absolute Gasteiger partial charge is 0.183 e. The molecule has 2 heterocycles. The van der Waals surface area contributed by atoms with Crippen molar-refractivity contribution in [2.45, 2.75) is 0 Å². The third kappa shape index (κ3) is 4.25. The lowest BCUT2D eigenvalue weighted by molar-refractivity contribution is 0.627. The highest BCUT2D eigenvalue weighted by Crippen LogP contribution is 2.32. The first-order chi connectivity index (χ1) is 17.0. The molecule has 5 rings (SSSR count). The molecular formula is C28H21FN6. The molecule has 5 aromatic rings. The van der Waals surface area contributed by atoms with E-state index in [0.29, 0.717) is 22.8 Å². The summed E-state index contributed by atoms with van der Waals surface area (Å²) in [4.78, 5) is 16.0. The fraction of sp³-hybridized carbons (Fsp3) is 0.0714. The normalized spacial score (nSPS) is 10.7. The molecule has 0 saturated carbocycles. The third-order valence-electron chi connectivity index (χ3n) is 5.77. The van der Waals surface area contributed by atoms with Crippen LogP contribution in [-0.2, 0) is 7.05 Å². The quantitative estimate of drug-likeness (QED) is 0.306. The minimum absolute atomic E-state index is 0.260. The second kappa shape index (κ2) is 9.20. The number of pyridine rings is 1. The summed E-state index contributed by atoms with van der Waals surface area (Å²) in [5.74, 6) is 0.434. The molecule has 0 aliphatic carbocycles. The Hall–Kier alpha value is -4.83. The average Bonchev–Trinajstić information content (AvgIpc) is 3.28. The molecular weight excluding hydrogens is 439 g/mol. The van der Waals surface area contributed by atoms with Crippen LogP contribution in [0, 0.1) is 17.1 Å². The van der Waals surface area contributed by atoms with E-state index in [0.717, 1.165) is 22.4 Å². The van der Waals surface area contributed by atoms with Crippen molar-refractivity contribution in [3.63, 3.8) is 0 Å². The molecule has 0 aliphatic rings. The third-order valence-corrected chi connectivity index (χ3v) is 5.77. The summed E-state index contributed by atoms with van der Waals surface area (Å²) < 4.78 is 16.7. The van der Waals surface area contributed by atoms with Gasteiger partial charge in [0.25, 0.3) is 0 Å². The van der Waals surface area contributed by atoms with Crippen molar-refractivity contribution in [1.29, 1.82) is 5.26 Å². The van der Waals surface area contributed by atoms with E-state index in [1.54, 1.807) is 30.4 Å². The van der Waals surface area contributed by atoms with E-state index in [2.05, 4.69) is 4.98 Å². The van der Waals surface area contributed by atoms with Crippen LogP contribution in [0.5, 0.6) is 0 Å². The molecule has 0 bridgehead atoms. The van der Waals surface area contributed by atoms with Crippen LogP contribution in [0.4, 0.5) is 21.7 Å². The Bertz CT molecular complexity index is 1540.